The Morgan fingerprint density at radius 3 is 2.61 bits per heavy atom. The van der Waals surface area contributed by atoms with E-state index in [2.05, 4.69) is 26.6 Å². The fourth-order valence-corrected chi connectivity index (χ4v) is 1.64. The number of carbonyl (C=O) groups excluding carboxylic acids is 2. The highest BCUT2D eigenvalue weighted by molar-refractivity contribution is 9.10. The van der Waals surface area contributed by atoms with Crippen LogP contribution >= 0.6 is 15.9 Å². The Morgan fingerprint density at radius 2 is 2.06 bits per heavy atom. The zero-order valence-electron chi connectivity index (χ0n) is 10.1. The van der Waals surface area contributed by atoms with E-state index in [0.29, 0.717) is 4.47 Å². The second kappa shape index (κ2) is 6.49. The third-order valence-electron chi connectivity index (χ3n) is 2.03. The standard InChI is InChI=1S/C12H14BrFN2O2/c1-7(2)16-11(17)6-15-12(18)9-4-3-8(13)5-10(9)14/h3-5,7H,6H2,1-2H3,(H,15,18)(H,16,17). The molecule has 1 aromatic carbocycles. The number of amides is 2. The molecular weight excluding hydrogens is 303 g/mol. The summed E-state index contributed by atoms with van der Waals surface area (Å²) in [6.45, 7) is 3.45. The van der Waals surface area contributed by atoms with Gasteiger partial charge in [0.2, 0.25) is 5.91 Å². The lowest BCUT2D eigenvalue weighted by atomic mass is 10.2. The van der Waals surface area contributed by atoms with Crippen molar-refractivity contribution in [1.29, 1.82) is 0 Å². The summed E-state index contributed by atoms with van der Waals surface area (Å²) in [4.78, 5) is 22.9. The first-order valence-electron chi connectivity index (χ1n) is 5.42. The minimum atomic E-state index is -0.633. The molecule has 2 N–H and O–H groups in total. The smallest absolute Gasteiger partial charge is 0.254 e. The fraction of sp³-hybridized carbons (Fsp3) is 0.333. The van der Waals surface area contributed by atoms with E-state index < -0.39 is 11.7 Å². The van der Waals surface area contributed by atoms with Gasteiger partial charge in [0.25, 0.3) is 5.91 Å². The van der Waals surface area contributed by atoms with Gasteiger partial charge in [-0.3, -0.25) is 9.59 Å². The van der Waals surface area contributed by atoms with Crippen molar-refractivity contribution < 1.29 is 14.0 Å². The lowest BCUT2D eigenvalue weighted by Gasteiger charge is -2.09. The molecular formula is C12H14BrFN2O2. The molecule has 18 heavy (non-hydrogen) atoms. The third-order valence-corrected chi connectivity index (χ3v) is 2.53. The van der Waals surface area contributed by atoms with Crippen LogP contribution in [-0.2, 0) is 4.79 Å². The zero-order chi connectivity index (χ0) is 13.7. The van der Waals surface area contributed by atoms with Crippen molar-refractivity contribution in [2.24, 2.45) is 0 Å². The largest absolute Gasteiger partial charge is 0.352 e. The molecule has 0 aliphatic heterocycles. The van der Waals surface area contributed by atoms with Gasteiger partial charge in [-0.1, -0.05) is 15.9 Å². The predicted molar refractivity (Wildman–Crippen MR) is 69.7 cm³/mol. The Kier molecular flexibility index (Phi) is 5.27. The first-order valence-corrected chi connectivity index (χ1v) is 6.22. The molecule has 0 saturated carbocycles. The number of halogens is 2. The summed E-state index contributed by atoms with van der Waals surface area (Å²) < 4.78 is 14.0. The lowest BCUT2D eigenvalue weighted by molar-refractivity contribution is -0.120. The normalized spacial score (nSPS) is 10.3. The quantitative estimate of drug-likeness (QED) is 0.890. The van der Waals surface area contributed by atoms with Crippen LogP contribution in [-0.4, -0.2) is 24.4 Å². The van der Waals surface area contributed by atoms with Gasteiger partial charge < -0.3 is 10.6 Å². The van der Waals surface area contributed by atoms with Crippen molar-refractivity contribution in [1.82, 2.24) is 10.6 Å². The number of rotatable bonds is 4. The third kappa shape index (κ3) is 4.44. The fourth-order valence-electron chi connectivity index (χ4n) is 1.30. The van der Waals surface area contributed by atoms with E-state index in [0.717, 1.165) is 0 Å². The second-order valence-corrected chi connectivity index (χ2v) is 4.94. The minimum absolute atomic E-state index is 0.00109. The van der Waals surface area contributed by atoms with Crippen LogP contribution in [0.4, 0.5) is 4.39 Å². The number of hydrogen-bond donors (Lipinski definition) is 2. The van der Waals surface area contributed by atoms with Gasteiger partial charge in [0.05, 0.1) is 12.1 Å². The highest BCUT2D eigenvalue weighted by Gasteiger charge is 2.13. The monoisotopic (exact) mass is 316 g/mol. The van der Waals surface area contributed by atoms with Crippen molar-refractivity contribution >= 4 is 27.7 Å². The highest BCUT2D eigenvalue weighted by Crippen LogP contribution is 2.14. The van der Waals surface area contributed by atoms with Crippen LogP contribution < -0.4 is 10.6 Å². The maximum absolute atomic E-state index is 13.4. The number of hydrogen-bond acceptors (Lipinski definition) is 2. The molecule has 0 saturated heterocycles. The first kappa shape index (κ1) is 14.6. The summed E-state index contributed by atoms with van der Waals surface area (Å²) in [5, 5.41) is 4.98. The zero-order valence-corrected chi connectivity index (χ0v) is 11.7. The van der Waals surface area contributed by atoms with Crippen LogP contribution in [0.25, 0.3) is 0 Å². The Morgan fingerprint density at radius 1 is 1.39 bits per heavy atom. The van der Waals surface area contributed by atoms with Crippen molar-refractivity contribution in [2.45, 2.75) is 19.9 Å². The van der Waals surface area contributed by atoms with E-state index in [4.69, 9.17) is 0 Å². The Balaban J connectivity index is 2.58. The van der Waals surface area contributed by atoms with E-state index in [1.54, 1.807) is 6.07 Å². The summed E-state index contributed by atoms with van der Waals surface area (Å²) in [7, 11) is 0. The molecule has 1 rings (SSSR count). The van der Waals surface area contributed by atoms with Gasteiger partial charge >= 0.3 is 0 Å². The van der Waals surface area contributed by atoms with E-state index >= 15 is 0 Å². The van der Waals surface area contributed by atoms with Crippen LogP contribution in [0.15, 0.2) is 22.7 Å². The highest BCUT2D eigenvalue weighted by atomic mass is 79.9. The maximum Gasteiger partial charge on any atom is 0.254 e. The molecule has 4 nitrogen and oxygen atoms in total. The molecule has 0 atom stereocenters. The maximum atomic E-state index is 13.4. The average molecular weight is 317 g/mol. The molecule has 0 aliphatic carbocycles. The van der Waals surface area contributed by atoms with Crippen LogP contribution in [0.2, 0.25) is 0 Å². The summed E-state index contributed by atoms with van der Waals surface area (Å²) in [6.07, 6.45) is 0. The molecule has 1 aromatic rings. The first-order chi connectivity index (χ1) is 8.40. The Labute approximate surface area is 113 Å². The van der Waals surface area contributed by atoms with Gasteiger partial charge in [-0.25, -0.2) is 4.39 Å². The summed E-state index contributed by atoms with van der Waals surface area (Å²) in [5.41, 5.74) is -0.0875. The van der Waals surface area contributed by atoms with Crippen LogP contribution in [0.5, 0.6) is 0 Å². The Bertz CT molecular complexity index is 463. The van der Waals surface area contributed by atoms with Crippen molar-refractivity contribution in [3.63, 3.8) is 0 Å². The van der Waals surface area contributed by atoms with Crippen LogP contribution in [0.1, 0.15) is 24.2 Å². The van der Waals surface area contributed by atoms with Gasteiger partial charge in [-0.15, -0.1) is 0 Å². The molecule has 2 amide bonds. The molecule has 0 aromatic heterocycles. The van der Waals surface area contributed by atoms with Gasteiger partial charge in [0, 0.05) is 10.5 Å². The number of nitrogens with one attached hydrogen (secondary N) is 2. The number of carbonyl (C=O) groups is 2. The van der Waals surface area contributed by atoms with Crippen molar-refractivity contribution in [3.05, 3.63) is 34.1 Å². The SMILES string of the molecule is CC(C)NC(=O)CNC(=O)c1ccc(Br)cc1F. The minimum Gasteiger partial charge on any atom is -0.352 e. The predicted octanol–water partition coefficient (Wildman–Crippen LogP) is 1.84. The van der Waals surface area contributed by atoms with Crippen LogP contribution in [0, 0.1) is 5.82 Å². The van der Waals surface area contributed by atoms with Gasteiger partial charge in [0.15, 0.2) is 0 Å². The molecule has 0 bridgehead atoms. The lowest BCUT2D eigenvalue weighted by Crippen LogP contribution is -2.40. The summed E-state index contributed by atoms with van der Waals surface area (Å²) in [6, 6.07) is 4.11. The molecule has 6 heteroatoms. The molecule has 98 valence electrons. The molecule has 0 fully saturated rings. The van der Waals surface area contributed by atoms with E-state index in [9.17, 15) is 14.0 Å². The van der Waals surface area contributed by atoms with Crippen molar-refractivity contribution in [3.8, 4) is 0 Å². The molecule has 0 spiro atoms. The van der Waals surface area contributed by atoms with Crippen molar-refractivity contribution in [2.75, 3.05) is 6.54 Å². The van der Waals surface area contributed by atoms with Crippen LogP contribution in [0.3, 0.4) is 0 Å². The van der Waals surface area contributed by atoms with Gasteiger partial charge in [-0.2, -0.15) is 0 Å². The summed E-state index contributed by atoms with van der Waals surface area (Å²) >= 11 is 3.10. The van der Waals surface area contributed by atoms with E-state index in [-0.39, 0.29) is 24.1 Å². The second-order valence-electron chi connectivity index (χ2n) is 4.03. The molecule has 0 radical (unpaired) electrons. The van der Waals surface area contributed by atoms with E-state index in [1.807, 2.05) is 13.8 Å². The molecule has 0 unspecified atom stereocenters. The van der Waals surface area contributed by atoms with E-state index in [1.165, 1.54) is 12.1 Å². The van der Waals surface area contributed by atoms with Gasteiger partial charge in [-0.05, 0) is 32.0 Å². The molecule has 0 aliphatic rings. The van der Waals surface area contributed by atoms with Gasteiger partial charge in [0.1, 0.15) is 5.82 Å². The number of benzene rings is 1. The topological polar surface area (TPSA) is 58.2 Å². The summed E-state index contributed by atoms with van der Waals surface area (Å²) in [5.74, 6) is -1.55. The molecule has 0 heterocycles. The Hall–Kier alpha value is -1.43. The average Bonchev–Trinajstić information content (AvgIpc) is 2.25.